The largest absolute Gasteiger partial charge is 0.477 e. The normalized spacial score (nSPS) is 11.0. The fourth-order valence-electron chi connectivity index (χ4n) is 1.56. The molecule has 0 fully saturated rings. The average molecular weight is 252 g/mol. The first-order valence-corrected chi connectivity index (χ1v) is 6.08. The van der Waals surface area contributed by atoms with E-state index in [2.05, 4.69) is 10.1 Å². The van der Waals surface area contributed by atoms with Crippen LogP contribution in [0.5, 0.6) is 0 Å². The van der Waals surface area contributed by atoms with Gasteiger partial charge in [0.1, 0.15) is 11.3 Å². The molecular formula is C11H12N2O3S. The summed E-state index contributed by atoms with van der Waals surface area (Å²) in [6.07, 6.45) is 2.15. The number of carboxylic acids is 1. The maximum Gasteiger partial charge on any atom is 0.341 e. The van der Waals surface area contributed by atoms with Crippen molar-refractivity contribution >= 4 is 17.3 Å². The predicted molar refractivity (Wildman–Crippen MR) is 63.1 cm³/mol. The van der Waals surface area contributed by atoms with E-state index in [1.165, 1.54) is 11.3 Å². The number of rotatable bonds is 4. The Labute approximate surface area is 102 Å². The minimum atomic E-state index is -1.01. The van der Waals surface area contributed by atoms with Gasteiger partial charge in [-0.25, -0.2) is 4.79 Å². The number of hydrogen-bond donors (Lipinski definition) is 1. The van der Waals surface area contributed by atoms with Crippen molar-refractivity contribution in [3.63, 3.8) is 0 Å². The molecule has 0 unspecified atom stereocenters. The van der Waals surface area contributed by atoms with Crippen LogP contribution in [0.4, 0.5) is 0 Å². The zero-order chi connectivity index (χ0) is 12.4. The minimum Gasteiger partial charge on any atom is -0.477 e. The summed E-state index contributed by atoms with van der Waals surface area (Å²) in [5, 5.41) is 13.1. The summed E-state index contributed by atoms with van der Waals surface area (Å²) in [7, 11) is 0. The van der Waals surface area contributed by atoms with E-state index in [9.17, 15) is 9.90 Å². The molecule has 6 heteroatoms. The Morgan fingerprint density at radius 1 is 1.59 bits per heavy atom. The maximum absolute atomic E-state index is 11.3. The van der Waals surface area contributed by atoms with E-state index < -0.39 is 5.97 Å². The summed E-state index contributed by atoms with van der Waals surface area (Å²) in [5.74, 6) is -0.267. The number of aromatic carboxylic acids is 1. The fraction of sp³-hybridized carbons (Fsp3) is 0.364. The van der Waals surface area contributed by atoms with Crippen LogP contribution in [0.25, 0.3) is 10.6 Å². The first-order chi connectivity index (χ1) is 8.09. The van der Waals surface area contributed by atoms with Gasteiger partial charge in [-0.1, -0.05) is 19.0 Å². The van der Waals surface area contributed by atoms with Gasteiger partial charge in [-0.05, 0) is 5.92 Å². The van der Waals surface area contributed by atoms with E-state index in [1.807, 2.05) is 13.8 Å². The van der Waals surface area contributed by atoms with Gasteiger partial charge in [0.15, 0.2) is 5.76 Å². The number of aromatic nitrogens is 2. The maximum atomic E-state index is 11.3. The monoisotopic (exact) mass is 252 g/mol. The van der Waals surface area contributed by atoms with Crippen LogP contribution in [-0.4, -0.2) is 21.2 Å². The van der Waals surface area contributed by atoms with Crippen LogP contribution in [0, 0.1) is 5.92 Å². The summed E-state index contributed by atoms with van der Waals surface area (Å²) in [4.78, 5) is 15.9. The molecular weight excluding hydrogens is 240 g/mol. The molecule has 0 aliphatic carbocycles. The molecule has 0 spiro atoms. The molecule has 90 valence electrons. The smallest absolute Gasteiger partial charge is 0.341 e. The highest BCUT2D eigenvalue weighted by atomic mass is 32.1. The fourth-order valence-corrected chi connectivity index (χ4v) is 2.16. The Hall–Kier alpha value is -1.69. The molecule has 5 nitrogen and oxygen atoms in total. The van der Waals surface area contributed by atoms with Crippen LogP contribution in [0.2, 0.25) is 0 Å². The Kier molecular flexibility index (Phi) is 3.23. The summed E-state index contributed by atoms with van der Waals surface area (Å²) < 4.78 is 5.14. The van der Waals surface area contributed by atoms with Gasteiger partial charge in [-0.15, -0.1) is 11.3 Å². The second-order valence-electron chi connectivity index (χ2n) is 4.10. The molecule has 0 aliphatic rings. The second-order valence-corrected chi connectivity index (χ2v) is 4.98. The number of hydrogen-bond acceptors (Lipinski definition) is 5. The molecule has 2 aromatic rings. The number of carboxylic acid groups (broad SMARTS) is 1. The van der Waals surface area contributed by atoms with Crippen molar-refractivity contribution < 1.29 is 14.4 Å². The molecule has 0 aliphatic heterocycles. The molecule has 0 radical (unpaired) electrons. The second kappa shape index (κ2) is 4.67. The Morgan fingerprint density at radius 3 is 2.88 bits per heavy atom. The van der Waals surface area contributed by atoms with Crippen molar-refractivity contribution in [2.24, 2.45) is 5.92 Å². The van der Waals surface area contributed by atoms with Gasteiger partial charge >= 0.3 is 5.97 Å². The molecule has 0 saturated carbocycles. The topological polar surface area (TPSA) is 76.2 Å². The molecule has 0 aromatic carbocycles. The standard InChI is InChI=1S/C11H12N2O3S/c1-6(2)3-7-9(11(14)15)10(13-16-7)8-4-12-5-17-8/h4-6H,3H2,1-2H3,(H,14,15). The van der Waals surface area contributed by atoms with Crippen molar-refractivity contribution in [3.8, 4) is 10.6 Å². The van der Waals surface area contributed by atoms with Gasteiger partial charge in [0, 0.05) is 12.6 Å². The van der Waals surface area contributed by atoms with Gasteiger partial charge < -0.3 is 9.63 Å². The van der Waals surface area contributed by atoms with Crippen LogP contribution < -0.4 is 0 Å². The van der Waals surface area contributed by atoms with Crippen LogP contribution in [-0.2, 0) is 6.42 Å². The SMILES string of the molecule is CC(C)Cc1onc(-c2cncs2)c1C(=O)O. The van der Waals surface area contributed by atoms with E-state index in [0.717, 1.165) is 0 Å². The van der Waals surface area contributed by atoms with Crippen molar-refractivity contribution in [2.75, 3.05) is 0 Å². The zero-order valence-corrected chi connectivity index (χ0v) is 10.3. The lowest BCUT2D eigenvalue weighted by atomic mass is 10.0. The van der Waals surface area contributed by atoms with Crippen LogP contribution in [0.3, 0.4) is 0 Å². The van der Waals surface area contributed by atoms with Crippen molar-refractivity contribution in [1.29, 1.82) is 0 Å². The Morgan fingerprint density at radius 2 is 2.35 bits per heavy atom. The van der Waals surface area contributed by atoms with Gasteiger partial charge in [0.25, 0.3) is 0 Å². The number of carbonyl (C=O) groups is 1. The summed E-state index contributed by atoms with van der Waals surface area (Å²) >= 11 is 1.34. The van der Waals surface area contributed by atoms with Crippen LogP contribution >= 0.6 is 11.3 Å². The molecule has 0 bridgehead atoms. The van der Waals surface area contributed by atoms with Gasteiger partial charge in [0.2, 0.25) is 0 Å². The molecule has 17 heavy (non-hydrogen) atoms. The molecule has 0 saturated heterocycles. The van der Waals surface area contributed by atoms with E-state index in [1.54, 1.807) is 11.7 Å². The van der Waals surface area contributed by atoms with Crippen molar-refractivity contribution in [1.82, 2.24) is 10.1 Å². The highest BCUT2D eigenvalue weighted by Gasteiger charge is 2.24. The molecule has 2 aromatic heterocycles. The quantitative estimate of drug-likeness (QED) is 0.905. The van der Waals surface area contributed by atoms with Gasteiger partial charge in [0.05, 0.1) is 10.4 Å². The third kappa shape index (κ3) is 2.36. The van der Waals surface area contributed by atoms with E-state index in [0.29, 0.717) is 28.7 Å². The lowest BCUT2D eigenvalue weighted by Crippen LogP contribution is -2.03. The molecule has 2 rings (SSSR count). The van der Waals surface area contributed by atoms with Crippen LogP contribution in [0.1, 0.15) is 30.0 Å². The third-order valence-electron chi connectivity index (χ3n) is 2.24. The minimum absolute atomic E-state index is 0.156. The first kappa shape index (κ1) is 11.8. The van der Waals surface area contributed by atoms with Crippen LogP contribution in [0.15, 0.2) is 16.2 Å². The lowest BCUT2D eigenvalue weighted by Gasteiger charge is -2.01. The van der Waals surface area contributed by atoms with Crippen molar-refractivity contribution in [2.45, 2.75) is 20.3 Å². The van der Waals surface area contributed by atoms with Gasteiger partial charge in [-0.3, -0.25) is 4.98 Å². The van der Waals surface area contributed by atoms with Crippen molar-refractivity contribution in [3.05, 3.63) is 23.0 Å². The molecule has 1 N–H and O–H groups in total. The summed E-state index contributed by atoms with van der Waals surface area (Å²) in [5.41, 5.74) is 2.16. The van der Waals surface area contributed by atoms with Gasteiger partial charge in [-0.2, -0.15) is 0 Å². The first-order valence-electron chi connectivity index (χ1n) is 5.20. The van der Waals surface area contributed by atoms with E-state index in [-0.39, 0.29) is 5.56 Å². The third-order valence-corrected chi connectivity index (χ3v) is 3.02. The molecule has 0 atom stereocenters. The summed E-state index contributed by atoms with van der Waals surface area (Å²) in [6, 6.07) is 0. The molecule has 2 heterocycles. The highest BCUT2D eigenvalue weighted by molar-refractivity contribution is 7.13. The van der Waals surface area contributed by atoms with E-state index >= 15 is 0 Å². The number of thiazole rings is 1. The zero-order valence-electron chi connectivity index (χ0n) is 9.51. The Bertz CT molecular complexity index is 517. The molecule has 0 amide bonds. The lowest BCUT2D eigenvalue weighted by molar-refractivity contribution is 0.0695. The number of nitrogens with zero attached hydrogens (tertiary/aromatic N) is 2. The average Bonchev–Trinajstić information content (AvgIpc) is 2.82. The summed E-state index contributed by atoms with van der Waals surface area (Å²) in [6.45, 7) is 4.00. The van der Waals surface area contributed by atoms with E-state index in [4.69, 9.17) is 4.52 Å². The Balaban J connectivity index is 2.47. The highest BCUT2D eigenvalue weighted by Crippen LogP contribution is 2.29. The predicted octanol–water partition coefficient (Wildman–Crippen LogP) is 2.69.